The summed E-state index contributed by atoms with van der Waals surface area (Å²) in [5.74, 6) is -2.20. The van der Waals surface area contributed by atoms with Crippen LogP contribution in [0, 0.1) is 15.2 Å². The zero-order chi connectivity index (χ0) is 10.7. The van der Waals surface area contributed by atoms with Gasteiger partial charge in [-0.2, -0.15) is 0 Å². The minimum absolute atomic E-state index is 0.145. The molecule has 0 spiro atoms. The lowest BCUT2D eigenvalue weighted by Gasteiger charge is -2.08. The molecule has 0 saturated heterocycles. The Labute approximate surface area is 93.4 Å². The number of ether oxygens (including phenoxy) is 1. The molecule has 0 unspecified atom stereocenters. The molecule has 0 heterocycles. The molecule has 0 bridgehead atoms. The lowest BCUT2D eigenvalue weighted by Crippen LogP contribution is -2.03. The van der Waals surface area contributed by atoms with Crippen molar-refractivity contribution in [2.75, 3.05) is 6.61 Å². The highest BCUT2D eigenvalue weighted by atomic mass is 127. The summed E-state index contributed by atoms with van der Waals surface area (Å²) in [5.41, 5.74) is -0.195. The summed E-state index contributed by atoms with van der Waals surface area (Å²) < 4.78 is 31.5. The van der Waals surface area contributed by atoms with Crippen molar-refractivity contribution in [1.29, 1.82) is 0 Å². The van der Waals surface area contributed by atoms with Crippen LogP contribution in [0.25, 0.3) is 0 Å². The molecule has 14 heavy (non-hydrogen) atoms. The van der Waals surface area contributed by atoms with Gasteiger partial charge < -0.3 is 4.74 Å². The molecule has 0 radical (unpaired) electrons. The largest absolute Gasteiger partial charge is 0.488 e. The number of carbonyl (C=O) groups excluding carboxylic acids is 1. The molecule has 0 aliphatic rings. The van der Waals surface area contributed by atoms with Gasteiger partial charge in [-0.05, 0) is 35.6 Å². The van der Waals surface area contributed by atoms with Gasteiger partial charge in [0.25, 0.3) is 0 Å². The van der Waals surface area contributed by atoms with E-state index in [0.29, 0.717) is 6.29 Å². The van der Waals surface area contributed by atoms with Gasteiger partial charge in [-0.1, -0.05) is 0 Å². The molecular weight excluding hydrogens is 305 g/mol. The Bertz CT molecular complexity index is 366. The molecule has 0 aliphatic heterocycles. The van der Waals surface area contributed by atoms with E-state index < -0.39 is 17.4 Å². The van der Waals surface area contributed by atoms with Crippen molar-refractivity contribution >= 4 is 28.9 Å². The zero-order valence-electron chi connectivity index (χ0n) is 7.31. The Kier molecular flexibility index (Phi) is 3.79. The first kappa shape index (κ1) is 11.4. The van der Waals surface area contributed by atoms with E-state index in [1.165, 1.54) is 0 Å². The maximum absolute atomic E-state index is 13.3. The Hall–Kier alpha value is -0.720. The lowest BCUT2D eigenvalue weighted by molar-refractivity contribution is 0.111. The van der Waals surface area contributed by atoms with Crippen molar-refractivity contribution < 1.29 is 18.3 Å². The Morgan fingerprint density at radius 2 is 2.14 bits per heavy atom. The van der Waals surface area contributed by atoms with Gasteiger partial charge in [0.05, 0.1) is 15.7 Å². The molecule has 1 rings (SSSR count). The summed E-state index contributed by atoms with van der Waals surface area (Å²) in [7, 11) is 0. The molecule has 0 aromatic heterocycles. The molecule has 0 saturated carbocycles. The third kappa shape index (κ3) is 2.02. The average Bonchev–Trinajstić information content (AvgIpc) is 2.18. The topological polar surface area (TPSA) is 26.3 Å². The van der Waals surface area contributed by atoms with Gasteiger partial charge in [-0.25, -0.2) is 8.78 Å². The normalized spacial score (nSPS) is 10.0. The predicted octanol–water partition coefficient (Wildman–Crippen LogP) is 2.78. The first-order valence-electron chi connectivity index (χ1n) is 3.87. The van der Waals surface area contributed by atoms with Crippen LogP contribution >= 0.6 is 22.6 Å². The van der Waals surface area contributed by atoms with E-state index in [-0.39, 0.29) is 15.7 Å². The van der Waals surface area contributed by atoms with Crippen molar-refractivity contribution in [1.82, 2.24) is 0 Å². The van der Waals surface area contributed by atoms with Crippen LogP contribution in [0.5, 0.6) is 5.75 Å². The fourth-order valence-electron chi connectivity index (χ4n) is 0.956. The summed E-state index contributed by atoms with van der Waals surface area (Å²) in [5, 5.41) is 0. The van der Waals surface area contributed by atoms with E-state index >= 15 is 0 Å². The minimum atomic E-state index is -0.945. The van der Waals surface area contributed by atoms with Crippen molar-refractivity contribution in [3.05, 3.63) is 26.8 Å². The molecule has 0 N–H and O–H groups in total. The summed E-state index contributed by atoms with van der Waals surface area (Å²) in [4.78, 5) is 10.4. The van der Waals surface area contributed by atoms with E-state index in [0.717, 1.165) is 6.07 Å². The molecule has 0 amide bonds. The molecule has 5 heteroatoms. The molecular formula is C9H7F2IO2. The Balaban J connectivity index is 3.36. The van der Waals surface area contributed by atoms with Crippen LogP contribution in [0.3, 0.4) is 0 Å². The first-order valence-corrected chi connectivity index (χ1v) is 4.95. The fraction of sp³-hybridized carbons (Fsp3) is 0.222. The number of carbonyl (C=O) groups is 1. The molecule has 1 aromatic rings. The van der Waals surface area contributed by atoms with Crippen LogP contribution in [0.2, 0.25) is 0 Å². The standard InChI is InChI=1S/C9H7F2IO2/c1-2-14-9-7(10)5(4-13)3-6(12)8(9)11/h3-4H,2H2,1H3. The predicted molar refractivity (Wildman–Crippen MR) is 55.6 cm³/mol. The number of halogens is 3. The third-order valence-corrected chi connectivity index (χ3v) is 2.34. The number of benzene rings is 1. The Morgan fingerprint density at radius 1 is 1.50 bits per heavy atom. The zero-order valence-corrected chi connectivity index (χ0v) is 9.47. The Morgan fingerprint density at radius 3 is 2.64 bits per heavy atom. The number of aldehydes is 1. The second kappa shape index (κ2) is 4.68. The average molecular weight is 312 g/mol. The summed E-state index contributed by atoms with van der Waals surface area (Å²) in [6.07, 6.45) is 0.333. The molecule has 1 aromatic carbocycles. The maximum atomic E-state index is 13.3. The number of rotatable bonds is 3. The van der Waals surface area contributed by atoms with Crippen molar-refractivity contribution in [2.45, 2.75) is 6.92 Å². The second-order valence-corrected chi connectivity index (χ2v) is 3.62. The van der Waals surface area contributed by atoms with Gasteiger partial charge in [-0.15, -0.1) is 0 Å². The summed E-state index contributed by atoms with van der Waals surface area (Å²) in [6.45, 7) is 1.76. The van der Waals surface area contributed by atoms with E-state index in [4.69, 9.17) is 4.74 Å². The number of hydrogen-bond donors (Lipinski definition) is 0. The molecule has 0 atom stereocenters. The van der Waals surface area contributed by atoms with E-state index in [2.05, 4.69) is 0 Å². The van der Waals surface area contributed by atoms with Crippen LogP contribution in [0.4, 0.5) is 8.78 Å². The summed E-state index contributed by atoms with van der Waals surface area (Å²) in [6, 6.07) is 1.14. The highest BCUT2D eigenvalue weighted by Gasteiger charge is 2.17. The van der Waals surface area contributed by atoms with Gasteiger partial charge in [-0.3, -0.25) is 4.79 Å². The molecule has 0 aliphatic carbocycles. The van der Waals surface area contributed by atoms with Crippen molar-refractivity contribution in [2.24, 2.45) is 0 Å². The minimum Gasteiger partial charge on any atom is -0.488 e. The van der Waals surface area contributed by atoms with Crippen molar-refractivity contribution in [3.63, 3.8) is 0 Å². The van der Waals surface area contributed by atoms with E-state index in [1.807, 2.05) is 0 Å². The van der Waals surface area contributed by atoms with Crippen LogP contribution < -0.4 is 4.74 Å². The van der Waals surface area contributed by atoms with E-state index in [1.54, 1.807) is 29.5 Å². The molecule has 76 valence electrons. The first-order chi connectivity index (χ1) is 6.61. The second-order valence-electron chi connectivity index (χ2n) is 2.46. The van der Waals surface area contributed by atoms with Crippen LogP contribution in [0.15, 0.2) is 6.07 Å². The van der Waals surface area contributed by atoms with Crippen molar-refractivity contribution in [3.8, 4) is 5.75 Å². The van der Waals surface area contributed by atoms with Gasteiger partial charge in [0.15, 0.2) is 23.7 Å². The van der Waals surface area contributed by atoms with Gasteiger partial charge in [0.1, 0.15) is 0 Å². The maximum Gasteiger partial charge on any atom is 0.192 e. The van der Waals surface area contributed by atoms with E-state index in [9.17, 15) is 13.6 Å². The smallest absolute Gasteiger partial charge is 0.192 e. The number of hydrogen-bond acceptors (Lipinski definition) is 2. The van der Waals surface area contributed by atoms with Crippen LogP contribution in [-0.2, 0) is 0 Å². The fourth-order valence-corrected chi connectivity index (χ4v) is 1.54. The van der Waals surface area contributed by atoms with Gasteiger partial charge in [0, 0.05) is 0 Å². The summed E-state index contributed by atoms with van der Waals surface area (Å²) >= 11 is 1.67. The highest BCUT2D eigenvalue weighted by Crippen LogP contribution is 2.28. The highest BCUT2D eigenvalue weighted by molar-refractivity contribution is 14.1. The van der Waals surface area contributed by atoms with Gasteiger partial charge in [0.2, 0.25) is 0 Å². The molecule has 0 fully saturated rings. The SMILES string of the molecule is CCOc1c(F)c(I)cc(C=O)c1F. The molecule has 2 nitrogen and oxygen atoms in total. The van der Waals surface area contributed by atoms with Crippen LogP contribution in [-0.4, -0.2) is 12.9 Å². The lowest BCUT2D eigenvalue weighted by atomic mass is 10.2. The monoisotopic (exact) mass is 312 g/mol. The van der Waals surface area contributed by atoms with Crippen LogP contribution in [0.1, 0.15) is 17.3 Å². The third-order valence-electron chi connectivity index (χ3n) is 1.56. The quantitative estimate of drug-likeness (QED) is 0.487. The van der Waals surface area contributed by atoms with Gasteiger partial charge >= 0.3 is 0 Å².